The number of piperidine rings is 1. The maximum Gasteiger partial charge on any atom is 0.0208 e. The second-order valence-corrected chi connectivity index (χ2v) is 5.59. The molecule has 0 saturated carbocycles. The molecule has 2 aliphatic heterocycles. The van der Waals surface area contributed by atoms with E-state index in [0.717, 1.165) is 24.7 Å². The van der Waals surface area contributed by atoms with Gasteiger partial charge in [0, 0.05) is 24.7 Å². The van der Waals surface area contributed by atoms with Crippen LogP contribution in [0.25, 0.3) is 0 Å². The smallest absolute Gasteiger partial charge is 0.0208 e. The summed E-state index contributed by atoms with van der Waals surface area (Å²) in [4.78, 5) is 2.60. The summed E-state index contributed by atoms with van der Waals surface area (Å²) in [6, 6.07) is 13.1. The highest BCUT2D eigenvalue weighted by molar-refractivity contribution is 5.14. The van der Waals surface area contributed by atoms with Gasteiger partial charge in [-0.05, 0) is 38.3 Å². The molecule has 0 aliphatic carbocycles. The molecule has 3 rings (SSSR count). The maximum atomic E-state index is 3.73. The number of rotatable bonds is 3. The molecule has 2 bridgehead atoms. The molecule has 4 heteroatoms. The van der Waals surface area contributed by atoms with Gasteiger partial charge in [-0.15, -0.1) is 0 Å². The molecule has 2 unspecified atom stereocenters. The highest BCUT2D eigenvalue weighted by Crippen LogP contribution is 2.34. The van der Waals surface area contributed by atoms with Gasteiger partial charge in [-0.3, -0.25) is 0 Å². The van der Waals surface area contributed by atoms with Crippen molar-refractivity contribution in [2.45, 2.75) is 50.4 Å². The molecule has 1 aromatic carbocycles. The molecule has 2 atom stereocenters. The summed E-state index contributed by atoms with van der Waals surface area (Å²) in [5.41, 5.74) is 1.40. The van der Waals surface area contributed by atoms with Gasteiger partial charge in [-0.1, -0.05) is 30.3 Å². The minimum absolute atomic E-state index is 0. The normalized spacial score (nSPS) is 29.4. The van der Waals surface area contributed by atoms with Crippen LogP contribution in [0.4, 0.5) is 0 Å². The van der Waals surface area contributed by atoms with Crippen LogP contribution in [-0.2, 0) is 6.54 Å². The minimum Gasteiger partial charge on any atom is -1.00 e. The Morgan fingerprint density at radius 1 is 1.05 bits per heavy atom. The Morgan fingerprint density at radius 2 is 1.63 bits per heavy atom. The van der Waals surface area contributed by atoms with Gasteiger partial charge in [0.2, 0.25) is 0 Å². The zero-order valence-corrected chi connectivity index (χ0v) is 12.9. The second kappa shape index (κ2) is 7.49. The molecule has 0 aromatic heterocycles. The van der Waals surface area contributed by atoms with Crippen LogP contribution in [0.15, 0.2) is 30.3 Å². The van der Waals surface area contributed by atoms with E-state index in [0.29, 0.717) is 0 Å². The van der Waals surface area contributed by atoms with Gasteiger partial charge in [0.05, 0.1) is 0 Å². The van der Waals surface area contributed by atoms with E-state index in [4.69, 9.17) is 0 Å². The van der Waals surface area contributed by atoms with Gasteiger partial charge in [-0.2, -0.15) is 0 Å². The number of nitrogens with zero attached hydrogens (tertiary/aromatic N) is 1. The molecule has 1 aromatic rings. The topological polar surface area (TPSA) is 15.3 Å². The van der Waals surface area contributed by atoms with Gasteiger partial charge in [-0.25, -0.2) is 0 Å². The predicted octanol–water partition coefficient (Wildman–Crippen LogP) is -3.59. The van der Waals surface area contributed by atoms with Crippen molar-refractivity contribution in [3.63, 3.8) is 0 Å². The SMILES string of the molecule is CN1C2CCC1CC(NCc1ccccc1)C2.[Cl-].[Cl-]. The summed E-state index contributed by atoms with van der Waals surface area (Å²) in [6.07, 6.45) is 5.48. The molecule has 2 fully saturated rings. The number of hydrogen-bond donors (Lipinski definition) is 1. The molecular weight excluding hydrogens is 279 g/mol. The number of fused-ring (bicyclic) bond motifs is 2. The summed E-state index contributed by atoms with van der Waals surface area (Å²) in [7, 11) is 2.30. The van der Waals surface area contributed by atoms with E-state index < -0.39 is 0 Å². The van der Waals surface area contributed by atoms with Crippen LogP contribution in [0.2, 0.25) is 0 Å². The van der Waals surface area contributed by atoms with E-state index in [1.807, 2.05) is 0 Å². The average Bonchev–Trinajstić information content (AvgIpc) is 2.61. The van der Waals surface area contributed by atoms with Crippen LogP contribution in [-0.4, -0.2) is 30.1 Å². The first kappa shape index (κ1) is 16.8. The third-order valence-electron chi connectivity index (χ3n) is 4.54. The molecule has 2 saturated heterocycles. The number of nitrogens with one attached hydrogen (secondary N) is 1. The fourth-order valence-electron chi connectivity index (χ4n) is 3.44. The summed E-state index contributed by atoms with van der Waals surface area (Å²) >= 11 is 0. The average molecular weight is 301 g/mol. The van der Waals surface area contributed by atoms with Crippen molar-refractivity contribution in [1.29, 1.82) is 0 Å². The van der Waals surface area contributed by atoms with Crippen LogP contribution in [0.3, 0.4) is 0 Å². The number of benzene rings is 1. The Kier molecular flexibility index (Phi) is 6.61. The van der Waals surface area contributed by atoms with E-state index in [1.54, 1.807) is 0 Å². The van der Waals surface area contributed by atoms with Crippen molar-refractivity contribution in [1.82, 2.24) is 10.2 Å². The Morgan fingerprint density at radius 3 is 2.21 bits per heavy atom. The van der Waals surface area contributed by atoms with E-state index in [2.05, 4.69) is 47.6 Å². The first-order valence-corrected chi connectivity index (χ1v) is 6.82. The monoisotopic (exact) mass is 300 g/mol. The van der Waals surface area contributed by atoms with Gasteiger partial charge < -0.3 is 35.0 Å². The molecule has 2 nitrogen and oxygen atoms in total. The first-order chi connectivity index (χ1) is 8.33. The highest BCUT2D eigenvalue weighted by atomic mass is 35.5. The molecular formula is C15H22Cl2N2-2. The Balaban J connectivity index is 0.000000902. The Labute approximate surface area is 128 Å². The minimum atomic E-state index is 0. The fraction of sp³-hybridized carbons (Fsp3) is 0.600. The maximum absolute atomic E-state index is 3.73. The summed E-state index contributed by atoms with van der Waals surface area (Å²) in [5.74, 6) is 0. The Hall–Kier alpha value is -0.280. The third-order valence-corrected chi connectivity index (χ3v) is 4.54. The van der Waals surface area contributed by atoms with Crippen LogP contribution in [0, 0.1) is 0 Å². The highest BCUT2D eigenvalue weighted by Gasteiger charge is 2.37. The van der Waals surface area contributed by atoms with Crippen LogP contribution >= 0.6 is 0 Å². The lowest BCUT2D eigenvalue weighted by atomic mass is 9.98. The van der Waals surface area contributed by atoms with E-state index in [-0.39, 0.29) is 24.8 Å². The lowest BCUT2D eigenvalue weighted by molar-refractivity contribution is -0.001000. The van der Waals surface area contributed by atoms with Crippen molar-refractivity contribution in [3.05, 3.63) is 35.9 Å². The summed E-state index contributed by atoms with van der Waals surface area (Å²) < 4.78 is 0. The lowest BCUT2D eigenvalue weighted by Crippen LogP contribution is -3.00. The van der Waals surface area contributed by atoms with Gasteiger partial charge >= 0.3 is 0 Å². The van der Waals surface area contributed by atoms with Crippen molar-refractivity contribution in [3.8, 4) is 0 Å². The van der Waals surface area contributed by atoms with Gasteiger partial charge in [0.25, 0.3) is 0 Å². The second-order valence-electron chi connectivity index (χ2n) is 5.59. The predicted molar refractivity (Wildman–Crippen MR) is 70.9 cm³/mol. The molecule has 0 radical (unpaired) electrons. The molecule has 108 valence electrons. The van der Waals surface area contributed by atoms with E-state index >= 15 is 0 Å². The zero-order chi connectivity index (χ0) is 11.7. The van der Waals surface area contributed by atoms with Gasteiger partial charge in [0.15, 0.2) is 0 Å². The fourth-order valence-corrected chi connectivity index (χ4v) is 3.44. The molecule has 0 spiro atoms. The largest absolute Gasteiger partial charge is 1.00 e. The van der Waals surface area contributed by atoms with Crippen molar-refractivity contribution >= 4 is 0 Å². The molecule has 19 heavy (non-hydrogen) atoms. The Bertz CT molecular complexity index is 358. The van der Waals surface area contributed by atoms with Crippen molar-refractivity contribution in [2.24, 2.45) is 0 Å². The van der Waals surface area contributed by atoms with Crippen LogP contribution in [0.1, 0.15) is 31.2 Å². The standard InChI is InChI=1S/C15H22N2.2ClH/c1-17-14-7-8-15(17)10-13(9-14)16-11-12-5-3-2-4-6-12;;/h2-6,13-16H,7-11H2,1H3;2*1H/p-2. The molecule has 2 heterocycles. The first-order valence-electron chi connectivity index (χ1n) is 6.82. The molecule has 2 aliphatic rings. The summed E-state index contributed by atoms with van der Waals surface area (Å²) in [6.45, 7) is 1.02. The lowest BCUT2D eigenvalue weighted by Gasteiger charge is -2.36. The van der Waals surface area contributed by atoms with Crippen molar-refractivity contribution in [2.75, 3.05) is 7.05 Å². The van der Waals surface area contributed by atoms with E-state index in [1.165, 1.54) is 31.2 Å². The van der Waals surface area contributed by atoms with Crippen LogP contribution < -0.4 is 30.1 Å². The quantitative estimate of drug-likeness (QED) is 0.621. The molecule has 1 N–H and O–H groups in total. The summed E-state index contributed by atoms with van der Waals surface area (Å²) in [5, 5.41) is 3.73. The van der Waals surface area contributed by atoms with Gasteiger partial charge in [0.1, 0.15) is 0 Å². The number of halogens is 2. The molecule has 0 amide bonds. The van der Waals surface area contributed by atoms with Crippen LogP contribution in [0.5, 0.6) is 0 Å². The van der Waals surface area contributed by atoms with Crippen molar-refractivity contribution < 1.29 is 24.8 Å². The zero-order valence-electron chi connectivity index (χ0n) is 11.4. The third kappa shape index (κ3) is 3.85. The van der Waals surface area contributed by atoms with E-state index in [9.17, 15) is 0 Å². The number of hydrogen-bond acceptors (Lipinski definition) is 2.